The Labute approximate surface area is 111 Å². The van der Waals surface area contributed by atoms with Gasteiger partial charge in [-0.3, -0.25) is 4.79 Å². The molecule has 19 heavy (non-hydrogen) atoms. The van der Waals surface area contributed by atoms with Crippen LogP contribution >= 0.6 is 0 Å². The summed E-state index contributed by atoms with van der Waals surface area (Å²) in [5.41, 5.74) is 1.27. The highest BCUT2D eigenvalue weighted by Gasteiger charge is 2.24. The summed E-state index contributed by atoms with van der Waals surface area (Å²) >= 11 is 0. The van der Waals surface area contributed by atoms with Crippen LogP contribution in [0.25, 0.3) is 11.0 Å². The molecule has 1 heterocycles. The highest BCUT2D eigenvalue weighted by molar-refractivity contribution is 5.99. The van der Waals surface area contributed by atoms with Crippen LogP contribution in [-0.2, 0) is 0 Å². The maximum Gasteiger partial charge on any atom is 0.251 e. The number of carbonyl (C=O) groups excluding carboxylic acids is 1. The molecule has 1 aromatic carbocycles. The van der Waals surface area contributed by atoms with Crippen LogP contribution in [0, 0.1) is 0 Å². The first-order valence-corrected chi connectivity index (χ1v) is 6.62. The summed E-state index contributed by atoms with van der Waals surface area (Å²) in [4.78, 5) is 12.1. The first kappa shape index (κ1) is 12.1. The van der Waals surface area contributed by atoms with Crippen molar-refractivity contribution in [3.05, 3.63) is 30.0 Å². The van der Waals surface area contributed by atoms with Gasteiger partial charge in [-0.2, -0.15) is 0 Å². The van der Waals surface area contributed by atoms with Crippen LogP contribution in [0.2, 0.25) is 0 Å². The van der Waals surface area contributed by atoms with E-state index in [1.165, 1.54) is 0 Å². The van der Waals surface area contributed by atoms with E-state index in [9.17, 15) is 4.79 Å². The summed E-state index contributed by atoms with van der Waals surface area (Å²) < 4.78 is 11.1. The highest BCUT2D eigenvalue weighted by atomic mass is 16.5. The van der Waals surface area contributed by atoms with Crippen molar-refractivity contribution < 1.29 is 13.9 Å². The molecule has 0 bridgehead atoms. The largest absolute Gasteiger partial charge is 0.490 e. The van der Waals surface area contributed by atoms with E-state index in [4.69, 9.17) is 9.15 Å². The van der Waals surface area contributed by atoms with Crippen LogP contribution in [-0.4, -0.2) is 18.1 Å². The monoisotopic (exact) mass is 259 g/mol. The van der Waals surface area contributed by atoms with Gasteiger partial charge in [0.05, 0.1) is 17.8 Å². The molecule has 2 aromatic rings. The average molecular weight is 259 g/mol. The Hall–Kier alpha value is -1.97. The zero-order chi connectivity index (χ0) is 13.4. The molecule has 0 saturated heterocycles. The zero-order valence-corrected chi connectivity index (χ0v) is 11.1. The molecule has 4 nitrogen and oxygen atoms in total. The number of benzene rings is 1. The molecule has 3 rings (SSSR count). The minimum atomic E-state index is -0.0607. The van der Waals surface area contributed by atoms with Gasteiger partial charge in [-0.1, -0.05) is 0 Å². The Bertz CT molecular complexity index is 611. The molecule has 1 aliphatic rings. The van der Waals surface area contributed by atoms with Crippen LogP contribution in [0.3, 0.4) is 0 Å². The zero-order valence-electron chi connectivity index (χ0n) is 11.1. The van der Waals surface area contributed by atoms with Crippen molar-refractivity contribution in [2.45, 2.75) is 38.8 Å². The van der Waals surface area contributed by atoms with Crippen molar-refractivity contribution in [3.63, 3.8) is 0 Å². The normalized spacial score (nSPS) is 14.9. The van der Waals surface area contributed by atoms with Gasteiger partial charge >= 0.3 is 0 Å². The third kappa shape index (κ3) is 2.57. The van der Waals surface area contributed by atoms with Gasteiger partial charge in [-0.25, -0.2) is 0 Å². The molecule has 4 heteroatoms. The Morgan fingerprint density at radius 2 is 2.21 bits per heavy atom. The predicted octanol–water partition coefficient (Wildman–Crippen LogP) is 3.11. The average Bonchev–Trinajstić information content (AvgIpc) is 3.03. The molecule has 0 atom stereocenters. The summed E-state index contributed by atoms with van der Waals surface area (Å²) in [5.74, 6) is 0.636. The minimum absolute atomic E-state index is 0.0554. The Kier molecular flexibility index (Phi) is 2.93. The van der Waals surface area contributed by atoms with E-state index >= 15 is 0 Å². The molecule has 1 aromatic heterocycles. The second kappa shape index (κ2) is 4.61. The molecule has 0 unspecified atom stereocenters. The molecule has 0 spiro atoms. The lowest BCUT2D eigenvalue weighted by molar-refractivity contribution is 0.0950. The highest BCUT2D eigenvalue weighted by Crippen LogP contribution is 2.30. The number of hydrogen-bond acceptors (Lipinski definition) is 3. The van der Waals surface area contributed by atoms with E-state index < -0.39 is 0 Å². The van der Waals surface area contributed by atoms with Crippen molar-refractivity contribution in [3.8, 4) is 5.75 Å². The number of carbonyl (C=O) groups is 1. The fourth-order valence-electron chi connectivity index (χ4n) is 2.02. The molecular weight excluding hydrogens is 242 g/mol. The first-order valence-electron chi connectivity index (χ1n) is 6.62. The van der Waals surface area contributed by atoms with Gasteiger partial charge in [0.15, 0.2) is 0 Å². The van der Waals surface area contributed by atoms with Crippen molar-refractivity contribution in [2.75, 3.05) is 0 Å². The molecular formula is C15H17NO3. The third-order valence-electron chi connectivity index (χ3n) is 3.07. The summed E-state index contributed by atoms with van der Waals surface area (Å²) in [5, 5.41) is 3.87. The second-order valence-electron chi connectivity index (χ2n) is 5.22. The minimum Gasteiger partial charge on any atom is -0.490 e. The van der Waals surface area contributed by atoms with E-state index in [1.54, 1.807) is 18.4 Å². The van der Waals surface area contributed by atoms with E-state index in [2.05, 4.69) is 5.32 Å². The van der Waals surface area contributed by atoms with Crippen molar-refractivity contribution in [1.29, 1.82) is 0 Å². The summed E-state index contributed by atoms with van der Waals surface area (Å²) in [6.45, 7) is 3.92. The maximum atomic E-state index is 12.1. The number of amides is 1. The van der Waals surface area contributed by atoms with Crippen molar-refractivity contribution in [2.24, 2.45) is 0 Å². The van der Waals surface area contributed by atoms with Gasteiger partial charge in [0.2, 0.25) is 0 Å². The van der Waals surface area contributed by atoms with Crippen LogP contribution in [0.15, 0.2) is 28.9 Å². The standard InChI is InChI=1S/C15H17NO3/c1-9(2)19-14-8-10(15(17)16-11-3-4-11)7-13-12(14)5-6-18-13/h5-9,11H,3-4H2,1-2H3,(H,16,17). The van der Waals surface area contributed by atoms with E-state index in [1.807, 2.05) is 19.9 Å². The topological polar surface area (TPSA) is 51.5 Å². The molecule has 1 aliphatic carbocycles. The van der Waals surface area contributed by atoms with Crippen LogP contribution in [0.4, 0.5) is 0 Å². The molecule has 1 amide bonds. The molecule has 0 aliphatic heterocycles. The number of fused-ring (bicyclic) bond motifs is 1. The van der Waals surface area contributed by atoms with Gasteiger partial charge in [-0.15, -0.1) is 0 Å². The Morgan fingerprint density at radius 3 is 2.89 bits per heavy atom. The van der Waals surface area contributed by atoms with E-state index in [0.717, 1.165) is 18.2 Å². The van der Waals surface area contributed by atoms with Gasteiger partial charge < -0.3 is 14.5 Å². The van der Waals surface area contributed by atoms with Gasteiger partial charge in [-0.05, 0) is 44.9 Å². The fraction of sp³-hybridized carbons (Fsp3) is 0.400. The first-order chi connectivity index (χ1) is 9.13. The fourth-order valence-corrected chi connectivity index (χ4v) is 2.02. The lowest BCUT2D eigenvalue weighted by atomic mass is 10.1. The summed E-state index contributed by atoms with van der Waals surface area (Å²) in [7, 11) is 0. The van der Waals surface area contributed by atoms with Crippen molar-refractivity contribution >= 4 is 16.9 Å². The smallest absolute Gasteiger partial charge is 0.251 e. The lowest BCUT2D eigenvalue weighted by Gasteiger charge is -2.12. The van der Waals surface area contributed by atoms with Crippen molar-refractivity contribution in [1.82, 2.24) is 5.32 Å². The van der Waals surface area contributed by atoms with Crippen LogP contribution in [0.5, 0.6) is 5.75 Å². The van der Waals surface area contributed by atoms with Crippen LogP contribution in [0.1, 0.15) is 37.0 Å². The lowest BCUT2D eigenvalue weighted by Crippen LogP contribution is -2.25. The molecule has 100 valence electrons. The predicted molar refractivity (Wildman–Crippen MR) is 72.5 cm³/mol. The second-order valence-corrected chi connectivity index (χ2v) is 5.22. The van der Waals surface area contributed by atoms with Gasteiger partial charge in [0.25, 0.3) is 5.91 Å². The maximum absolute atomic E-state index is 12.1. The Morgan fingerprint density at radius 1 is 1.42 bits per heavy atom. The Balaban J connectivity index is 1.97. The van der Waals surface area contributed by atoms with E-state index in [-0.39, 0.29) is 12.0 Å². The number of ether oxygens (including phenoxy) is 1. The number of nitrogens with one attached hydrogen (secondary N) is 1. The summed E-state index contributed by atoms with van der Waals surface area (Å²) in [6.07, 6.45) is 3.81. The number of furan rings is 1. The molecule has 0 radical (unpaired) electrons. The molecule has 1 saturated carbocycles. The summed E-state index contributed by atoms with van der Waals surface area (Å²) in [6, 6.07) is 5.75. The van der Waals surface area contributed by atoms with E-state index in [0.29, 0.717) is 22.9 Å². The van der Waals surface area contributed by atoms with Crippen LogP contribution < -0.4 is 10.1 Å². The quantitative estimate of drug-likeness (QED) is 0.917. The van der Waals surface area contributed by atoms with Gasteiger partial charge in [0.1, 0.15) is 11.3 Å². The molecule has 1 N–H and O–H groups in total. The van der Waals surface area contributed by atoms with Gasteiger partial charge in [0, 0.05) is 11.6 Å². The third-order valence-corrected chi connectivity index (χ3v) is 3.07. The number of rotatable bonds is 4. The molecule has 1 fully saturated rings. The number of hydrogen-bond donors (Lipinski definition) is 1. The SMILES string of the molecule is CC(C)Oc1cc(C(=O)NC2CC2)cc2occc12.